The highest BCUT2D eigenvalue weighted by Gasteiger charge is 2.32. The molecule has 2 aromatic carbocycles. The highest BCUT2D eigenvalue weighted by Crippen LogP contribution is 2.46. The van der Waals surface area contributed by atoms with Crippen molar-refractivity contribution in [3.8, 4) is 0 Å². The molecular formula is C41H55BN. The van der Waals surface area contributed by atoms with Gasteiger partial charge in [-0.25, -0.2) is 0 Å². The van der Waals surface area contributed by atoms with Crippen LogP contribution in [0, 0.1) is 26.2 Å². The lowest BCUT2D eigenvalue weighted by atomic mass is 9.63. The van der Waals surface area contributed by atoms with Gasteiger partial charge in [-0.3, -0.25) is 0 Å². The molecule has 2 aromatic rings. The quantitative estimate of drug-likeness (QED) is 0.187. The van der Waals surface area contributed by atoms with Gasteiger partial charge in [0.05, 0.1) is 0 Å². The fraction of sp³-hybridized carbons (Fsp3) is 0.366. The van der Waals surface area contributed by atoms with Gasteiger partial charge < -0.3 is 5.73 Å². The van der Waals surface area contributed by atoms with Gasteiger partial charge in [-0.1, -0.05) is 143 Å². The standard InChI is InChI=1S/C41H55BN/c1-14-15-18-25-42-38(34(9)43)24-23-37(40(10,11)32(7)27-29(4)26-28(2)3)39-31(6)21-22-36(33(39)8)41(12,13)35-20-17-16-19-30(35)5/h14-24,26-27,34H,1,7,25,43H2,2-6,8-13H3/b18-15-,29-27-,37-23+,38-24+. The van der Waals surface area contributed by atoms with Crippen LogP contribution in [0.1, 0.15) is 88.8 Å². The first-order valence-corrected chi connectivity index (χ1v) is 15.5. The van der Waals surface area contributed by atoms with Crippen molar-refractivity contribution in [3.63, 3.8) is 0 Å². The van der Waals surface area contributed by atoms with Crippen molar-refractivity contribution in [2.45, 2.75) is 93.9 Å². The monoisotopic (exact) mass is 572 g/mol. The lowest BCUT2D eigenvalue weighted by Gasteiger charge is -2.35. The van der Waals surface area contributed by atoms with E-state index in [9.17, 15) is 0 Å². The highest BCUT2D eigenvalue weighted by atomic mass is 14.6. The zero-order valence-corrected chi connectivity index (χ0v) is 28.9. The third-order valence-corrected chi connectivity index (χ3v) is 8.56. The maximum Gasteiger partial charge on any atom is 0.152 e. The molecule has 0 saturated heterocycles. The zero-order chi connectivity index (χ0) is 32.5. The Morgan fingerprint density at radius 1 is 0.907 bits per heavy atom. The van der Waals surface area contributed by atoms with E-state index in [1.54, 1.807) is 6.08 Å². The van der Waals surface area contributed by atoms with Gasteiger partial charge in [0.15, 0.2) is 7.28 Å². The maximum absolute atomic E-state index is 6.47. The van der Waals surface area contributed by atoms with Crippen LogP contribution in [0.2, 0.25) is 6.32 Å². The lowest BCUT2D eigenvalue weighted by molar-refractivity contribution is 0.613. The van der Waals surface area contributed by atoms with Gasteiger partial charge >= 0.3 is 0 Å². The Balaban J connectivity index is 2.89. The molecule has 227 valence electrons. The number of hydrogen-bond donors (Lipinski definition) is 1. The van der Waals surface area contributed by atoms with Crippen molar-refractivity contribution in [2.75, 3.05) is 0 Å². The first-order valence-electron chi connectivity index (χ1n) is 15.5. The van der Waals surface area contributed by atoms with Crippen molar-refractivity contribution < 1.29 is 0 Å². The number of hydrogen-bond acceptors (Lipinski definition) is 1. The van der Waals surface area contributed by atoms with E-state index < -0.39 is 0 Å². The second kappa shape index (κ2) is 15.4. The minimum absolute atomic E-state index is 0.0886. The third kappa shape index (κ3) is 9.07. The van der Waals surface area contributed by atoms with Gasteiger partial charge in [-0.05, 0) is 93.0 Å². The van der Waals surface area contributed by atoms with E-state index in [0.717, 1.165) is 17.4 Å². The number of rotatable bonds is 13. The van der Waals surface area contributed by atoms with Crippen molar-refractivity contribution in [1.82, 2.24) is 0 Å². The van der Waals surface area contributed by atoms with Crippen LogP contribution in [0.5, 0.6) is 0 Å². The molecule has 1 radical (unpaired) electrons. The summed E-state index contributed by atoms with van der Waals surface area (Å²) in [5.74, 6) is 0. The summed E-state index contributed by atoms with van der Waals surface area (Å²) in [6.45, 7) is 32.9. The molecule has 43 heavy (non-hydrogen) atoms. The number of benzene rings is 2. The molecule has 0 aliphatic carbocycles. The maximum atomic E-state index is 6.47. The molecular weight excluding hydrogens is 517 g/mol. The predicted molar refractivity (Wildman–Crippen MR) is 195 cm³/mol. The van der Waals surface area contributed by atoms with Gasteiger partial charge in [0, 0.05) is 16.9 Å². The summed E-state index contributed by atoms with van der Waals surface area (Å²) >= 11 is 0. The Hall–Kier alpha value is -3.36. The van der Waals surface area contributed by atoms with Gasteiger partial charge in [0.1, 0.15) is 0 Å². The van der Waals surface area contributed by atoms with E-state index in [1.165, 1.54) is 50.1 Å². The molecule has 0 aromatic heterocycles. The van der Waals surface area contributed by atoms with E-state index in [-0.39, 0.29) is 16.9 Å². The molecule has 0 aliphatic rings. The van der Waals surface area contributed by atoms with Gasteiger partial charge in [-0.15, -0.1) is 0 Å². The fourth-order valence-electron chi connectivity index (χ4n) is 6.05. The van der Waals surface area contributed by atoms with Gasteiger partial charge in [-0.2, -0.15) is 0 Å². The normalized spacial score (nSPS) is 14.1. The first kappa shape index (κ1) is 35.8. The lowest BCUT2D eigenvalue weighted by Crippen LogP contribution is -2.24. The van der Waals surface area contributed by atoms with Gasteiger partial charge in [0.2, 0.25) is 0 Å². The topological polar surface area (TPSA) is 26.0 Å². The van der Waals surface area contributed by atoms with Crippen LogP contribution in [0.4, 0.5) is 0 Å². The largest absolute Gasteiger partial charge is 0.325 e. The Morgan fingerprint density at radius 3 is 2.14 bits per heavy atom. The van der Waals surface area contributed by atoms with Crippen LogP contribution < -0.4 is 5.73 Å². The minimum atomic E-state index is -0.347. The van der Waals surface area contributed by atoms with E-state index >= 15 is 0 Å². The number of nitrogens with two attached hydrogens (primary N) is 1. The molecule has 0 fully saturated rings. The average Bonchev–Trinajstić information content (AvgIpc) is 2.90. The summed E-state index contributed by atoms with van der Waals surface area (Å²) in [7, 11) is 2.21. The highest BCUT2D eigenvalue weighted by molar-refractivity contribution is 6.46. The Labute approximate surface area is 265 Å². The molecule has 2 N–H and O–H groups in total. The zero-order valence-electron chi connectivity index (χ0n) is 28.9. The third-order valence-electron chi connectivity index (χ3n) is 8.56. The van der Waals surface area contributed by atoms with Crippen LogP contribution in [0.3, 0.4) is 0 Å². The minimum Gasteiger partial charge on any atom is -0.325 e. The molecule has 1 atom stereocenters. The molecule has 1 unspecified atom stereocenters. The SMILES string of the molecule is C=C/C=C\C[B]/C(=C/C=C(\c1c(C)ccc(C(C)(C)c2ccccc2C)c1C)C(C)(C)C(=C)/C=C(/C)C=C(C)C)C(C)N. The van der Waals surface area contributed by atoms with Crippen LogP contribution in [-0.4, -0.2) is 13.3 Å². The van der Waals surface area contributed by atoms with Crippen molar-refractivity contribution in [3.05, 3.63) is 148 Å². The summed E-state index contributed by atoms with van der Waals surface area (Å²) in [5.41, 5.74) is 19.7. The Morgan fingerprint density at radius 2 is 1.56 bits per heavy atom. The molecule has 2 heteroatoms. The van der Waals surface area contributed by atoms with Crippen LogP contribution in [0.25, 0.3) is 5.57 Å². The summed E-state index contributed by atoms with van der Waals surface area (Å²) in [6, 6.07) is 13.3. The molecule has 0 saturated carbocycles. The molecule has 0 bridgehead atoms. The fourth-order valence-corrected chi connectivity index (χ4v) is 6.05. The number of aryl methyl sites for hydroxylation is 2. The first-order chi connectivity index (χ1) is 20.0. The molecule has 2 rings (SSSR count). The molecule has 0 aliphatic heterocycles. The average molecular weight is 573 g/mol. The van der Waals surface area contributed by atoms with Crippen LogP contribution in [0.15, 0.2) is 114 Å². The summed E-state index contributed by atoms with van der Waals surface area (Å²) < 4.78 is 0. The van der Waals surface area contributed by atoms with E-state index in [2.05, 4.69) is 156 Å². The molecule has 0 heterocycles. The number of allylic oxidation sites excluding steroid dienone is 11. The van der Waals surface area contributed by atoms with Crippen LogP contribution in [-0.2, 0) is 5.41 Å². The van der Waals surface area contributed by atoms with E-state index in [1.807, 2.05) is 13.0 Å². The van der Waals surface area contributed by atoms with E-state index in [4.69, 9.17) is 5.73 Å². The second-order valence-electron chi connectivity index (χ2n) is 13.3. The molecule has 0 spiro atoms. The van der Waals surface area contributed by atoms with Crippen molar-refractivity contribution in [1.29, 1.82) is 0 Å². The smallest absolute Gasteiger partial charge is 0.152 e. The summed E-state index contributed by atoms with van der Waals surface area (Å²) in [5, 5.41) is 0. The van der Waals surface area contributed by atoms with E-state index in [0.29, 0.717) is 0 Å². The van der Waals surface area contributed by atoms with Crippen molar-refractivity contribution in [2.24, 2.45) is 11.1 Å². The Kier molecular flexibility index (Phi) is 12.8. The molecule has 1 nitrogen and oxygen atoms in total. The Bertz CT molecular complexity index is 1460. The van der Waals surface area contributed by atoms with Crippen LogP contribution >= 0.6 is 0 Å². The summed E-state index contributed by atoms with van der Waals surface area (Å²) in [4.78, 5) is 0. The van der Waals surface area contributed by atoms with Crippen molar-refractivity contribution >= 4 is 12.9 Å². The summed E-state index contributed by atoms with van der Waals surface area (Å²) in [6.07, 6.45) is 15.6. The van der Waals surface area contributed by atoms with Gasteiger partial charge in [0.25, 0.3) is 0 Å². The molecule has 0 amide bonds. The predicted octanol–water partition coefficient (Wildman–Crippen LogP) is 10.9. The second-order valence-corrected chi connectivity index (χ2v) is 13.3.